The molecule has 0 bridgehead atoms. The Morgan fingerprint density at radius 2 is 0.380 bits per heavy atom. The van der Waals surface area contributed by atoms with E-state index in [-0.39, 0.29) is 72.8 Å². The molecule has 92 heavy (non-hydrogen) atoms. The fourth-order valence-electron chi connectivity index (χ4n) is 6.55. The maximum atomic E-state index is 15.3. The smallest absolute Gasteiger partial charge is 0.460 e. The van der Waals surface area contributed by atoms with Crippen LogP contribution in [0.2, 0.25) is 0 Å². The van der Waals surface area contributed by atoms with Gasteiger partial charge in [0.1, 0.15) is 17.2 Å². The highest BCUT2D eigenvalue weighted by Gasteiger charge is 2.96. The maximum Gasteiger partial charge on any atom is 0.460 e. The monoisotopic (exact) mass is 1470 g/mol. The molecule has 3 aromatic rings. The number of ether oxygens (including phenoxy) is 3. The second-order valence-corrected chi connectivity index (χ2v) is 21.0. The Kier molecular flexibility index (Phi) is 20.0. The van der Waals surface area contributed by atoms with E-state index in [9.17, 15) is 198 Å². The molecule has 0 saturated carbocycles. The molecule has 50 heteroatoms. The van der Waals surface area contributed by atoms with Crippen LogP contribution in [0.25, 0.3) is 0 Å². The SMILES string of the molecule is O=P(c1cccc(OCC(F)(F)C(F)(F)C(F)(F)C(F)(F)C(F)(F)C(F)(F)C(F)(F)F)c1)(c1cccc(OCC(F)(F)C(F)(F)C(F)(F)C(F)(F)C(F)(F)C(F)(F)C(F)(F)F)c1)c1cccc(OCC(F)(F)C(F)(F)C(F)(F)C(F)(F)C(F)(F)C(F)(F)C(F)(F)F)c1. The topological polar surface area (TPSA) is 44.8 Å². The lowest BCUT2D eigenvalue weighted by Gasteiger charge is -2.41. The third-order valence-electron chi connectivity index (χ3n) is 12.0. The molecule has 0 N–H and O–H groups in total. The molecule has 0 saturated heterocycles. The Morgan fingerprint density at radius 3 is 0.543 bits per heavy atom. The summed E-state index contributed by atoms with van der Waals surface area (Å²) in [6.07, 6.45) is -24.2. The average Bonchev–Trinajstić information content (AvgIpc) is 0.716. The average molecular weight is 1470 g/mol. The van der Waals surface area contributed by atoms with Crippen molar-refractivity contribution in [2.24, 2.45) is 0 Å². The summed E-state index contributed by atoms with van der Waals surface area (Å²) >= 11 is 0. The molecule has 3 aromatic carbocycles. The highest BCUT2D eigenvalue weighted by molar-refractivity contribution is 7.85. The lowest BCUT2D eigenvalue weighted by Crippen LogP contribution is -2.73. The molecule has 0 atom stereocenters. The molecule has 0 spiro atoms. The number of rotatable bonds is 27. The van der Waals surface area contributed by atoms with Gasteiger partial charge in [-0.1, -0.05) is 36.4 Å². The molecule has 4 nitrogen and oxygen atoms in total. The van der Waals surface area contributed by atoms with Crippen LogP contribution in [0.3, 0.4) is 0 Å². The van der Waals surface area contributed by atoms with Crippen molar-refractivity contribution in [1.29, 1.82) is 0 Å². The largest absolute Gasteiger partial charge is 0.487 e. The predicted octanol–water partition coefficient (Wildman–Crippen LogP) is 17.6. The zero-order chi connectivity index (χ0) is 73.2. The van der Waals surface area contributed by atoms with Gasteiger partial charge in [-0.05, 0) is 36.4 Å². The summed E-state index contributed by atoms with van der Waals surface area (Å²) in [5, 5.41) is -4.84. The van der Waals surface area contributed by atoms with E-state index in [1.807, 2.05) is 0 Å². The Hall–Kier alpha value is -5.86. The lowest BCUT2D eigenvalue weighted by atomic mass is 9.91. The third kappa shape index (κ3) is 11.8. The third-order valence-corrected chi connectivity index (χ3v) is 15.0. The van der Waals surface area contributed by atoms with Crippen LogP contribution in [0.1, 0.15) is 0 Å². The van der Waals surface area contributed by atoms with Gasteiger partial charge in [-0.2, -0.15) is 198 Å². The van der Waals surface area contributed by atoms with Crippen molar-refractivity contribution in [3.63, 3.8) is 0 Å². The van der Waals surface area contributed by atoms with E-state index in [1.165, 1.54) is 0 Å². The van der Waals surface area contributed by atoms with E-state index in [1.54, 1.807) is 0 Å². The fraction of sp³-hybridized carbons (Fsp3) is 0.571. The second kappa shape index (κ2) is 22.9. The number of benzene rings is 3. The van der Waals surface area contributed by atoms with Crippen molar-refractivity contribution in [3.8, 4) is 17.2 Å². The van der Waals surface area contributed by atoms with Crippen molar-refractivity contribution in [2.75, 3.05) is 19.8 Å². The summed E-state index contributed by atoms with van der Waals surface area (Å²) in [4.78, 5) is 0. The first kappa shape index (κ1) is 80.4. The summed E-state index contributed by atoms with van der Waals surface area (Å²) in [5.41, 5.74) is 0. The summed E-state index contributed by atoms with van der Waals surface area (Å²) in [7, 11) is -6.08. The minimum atomic E-state index is -8.92. The van der Waals surface area contributed by atoms with Crippen molar-refractivity contribution >= 4 is 23.1 Å². The van der Waals surface area contributed by atoms with E-state index in [4.69, 9.17) is 0 Å². The molecule has 3 rings (SSSR count). The van der Waals surface area contributed by atoms with Crippen LogP contribution >= 0.6 is 7.14 Å². The van der Waals surface area contributed by atoms with E-state index in [0.717, 1.165) is 0 Å². The number of hydrogen-bond acceptors (Lipinski definition) is 4. The molecule has 0 aliphatic heterocycles. The highest BCUT2D eigenvalue weighted by Crippen LogP contribution is 2.66. The molecule has 0 aliphatic rings. The first-order valence-corrected chi connectivity index (χ1v) is 23.6. The van der Waals surface area contributed by atoms with Crippen LogP contribution in [0.5, 0.6) is 17.2 Å². The molecular weight excluding hydrogens is 1450 g/mol. The highest BCUT2D eigenvalue weighted by atomic mass is 31.2. The molecule has 0 fully saturated rings. The molecule has 0 heterocycles. The van der Waals surface area contributed by atoms with Gasteiger partial charge in [0.15, 0.2) is 27.0 Å². The Balaban J connectivity index is 2.31. The van der Waals surface area contributed by atoms with Crippen molar-refractivity contribution in [3.05, 3.63) is 72.8 Å². The van der Waals surface area contributed by atoms with E-state index in [2.05, 4.69) is 14.2 Å². The number of alkyl halides is 45. The molecule has 0 aliphatic carbocycles. The van der Waals surface area contributed by atoms with E-state index < -0.39 is 185 Å². The van der Waals surface area contributed by atoms with Gasteiger partial charge in [-0.3, -0.25) is 0 Å². The van der Waals surface area contributed by atoms with Gasteiger partial charge in [-0.15, -0.1) is 0 Å². The summed E-state index contributed by atoms with van der Waals surface area (Å²) in [6.45, 7) is -11.4. The van der Waals surface area contributed by atoms with Crippen LogP contribution in [-0.2, 0) is 4.57 Å². The minimum Gasteiger partial charge on any atom is -0.487 e. The first-order chi connectivity index (χ1) is 40.1. The number of halogens is 45. The predicted molar refractivity (Wildman–Crippen MR) is 210 cm³/mol. The van der Waals surface area contributed by atoms with Gasteiger partial charge in [0, 0.05) is 15.9 Å². The lowest BCUT2D eigenvalue weighted by molar-refractivity contribution is -0.453. The van der Waals surface area contributed by atoms with Crippen LogP contribution in [0.4, 0.5) is 198 Å². The van der Waals surface area contributed by atoms with Gasteiger partial charge in [0.2, 0.25) is 0 Å². The van der Waals surface area contributed by atoms with Crippen molar-refractivity contribution in [2.45, 2.75) is 125 Å². The summed E-state index contributed by atoms with van der Waals surface area (Å²) in [5.74, 6) is -158. The normalized spacial score (nSPS) is 15.8. The molecule has 0 aromatic heterocycles. The zero-order valence-corrected chi connectivity index (χ0v) is 42.5. The Morgan fingerprint density at radius 1 is 0.228 bits per heavy atom. The first-order valence-electron chi connectivity index (χ1n) is 21.9. The van der Waals surface area contributed by atoms with Crippen molar-refractivity contribution in [1.82, 2.24) is 0 Å². The van der Waals surface area contributed by atoms with Crippen LogP contribution < -0.4 is 30.1 Å². The minimum absolute atomic E-state index is 0.0463. The molecule has 0 radical (unpaired) electrons. The molecular formula is C42H18F45O4P. The zero-order valence-electron chi connectivity index (χ0n) is 41.6. The summed E-state index contributed by atoms with van der Waals surface area (Å²) in [6, 6.07) is -0.543. The van der Waals surface area contributed by atoms with Gasteiger partial charge < -0.3 is 18.8 Å². The Labute approximate surface area is 474 Å². The molecule has 0 amide bonds. The van der Waals surface area contributed by atoms with Gasteiger partial charge in [0.05, 0.1) is 0 Å². The van der Waals surface area contributed by atoms with Crippen LogP contribution in [0, 0.1) is 0 Å². The maximum absolute atomic E-state index is 15.3. The quantitative estimate of drug-likeness (QED) is 0.0564. The van der Waals surface area contributed by atoms with E-state index >= 15 is 4.57 Å². The molecule has 530 valence electrons. The van der Waals surface area contributed by atoms with Crippen molar-refractivity contribution < 1.29 is 216 Å². The van der Waals surface area contributed by atoms with E-state index in [0.29, 0.717) is 0 Å². The van der Waals surface area contributed by atoms with Gasteiger partial charge >= 0.3 is 125 Å². The van der Waals surface area contributed by atoms with Crippen LogP contribution in [0.15, 0.2) is 72.8 Å². The van der Waals surface area contributed by atoms with Gasteiger partial charge in [0.25, 0.3) is 0 Å². The second-order valence-electron chi connectivity index (χ2n) is 18.2. The standard InChI is InChI=1S/C42H18F45O4P/c43-22(44,25(49,50)28(55,56)31(61,62)34(67,68)37(73,74)40(79,80)81)13-89-16-4-1-7-19(10-16)92(88,20-8-2-5-17(11-20)90-14-23(45,46)26(51,52)29(57,58)32(63,64)35(69,70)38(75,76)41(82,83)84)21-9-3-6-18(12-21)91-15-24(47,48)27(53,54)30(59,60)33(65,66)36(71,72)39(77,78)42(85,86)87/h1-12H,13-15H2. The number of hydrogen-bond donors (Lipinski definition) is 0. The summed E-state index contributed by atoms with van der Waals surface area (Å²) < 4.78 is 648. The van der Waals surface area contributed by atoms with Gasteiger partial charge in [-0.25, -0.2) is 0 Å². The van der Waals surface area contributed by atoms with Crippen LogP contribution in [-0.4, -0.2) is 145 Å². The fourth-order valence-corrected chi connectivity index (χ4v) is 9.26. The Bertz CT molecular complexity index is 2830. The molecule has 0 unspecified atom stereocenters.